The lowest BCUT2D eigenvalue weighted by molar-refractivity contribution is 0.0256. The number of fused-ring (bicyclic) bond motifs is 2. The maximum atomic E-state index is 10.2. The van der Waals surface area contributed by atoms with Gasteiger partial charge in [-0.3, -0.25) is 0 Å². The molecule has 5 rings (SSSR count). The molecule has 1 saturated carbocycles. The Morgan fingerprint density at radius 2 is 2.04 bits per heavy atom. The van der Waals surface area contributed by atoms with Crippen LogP contribution in [-0.4, -0.2) is 43.1 Å². The maximum absolute atomic E-state index is 10.2. The van der Waals surface area contributed by atoms with Crippen LogP contribution in [0.1, 0.15) is 6.42 Å². The topological polar surface area (TPSA) is 95.8 Å². The highest BCUT2D eigenvalue weighted by Crippen LogP contribution is 2.32. The molecule has 0 spiro atoms. The van der Waals surface area contributed by atoms with Crippen molar-refractivity contribution in [2.45, 2.75) is 24.7 Å². The maximum Gasteiger partial charge on any atom is 0.157 e. The predicted molar refractivity (Wildman–Crippen MR) is 101 cm³/mol. The van der Waals surface area contributed by atoms with Crippen LogP contribution in [0, 0.1) is 12.8 Å². The number of hydrogen-bond donors (Lipinski definition) is 3. The summed E-state index contributed by atoms with van der Waals surface area (Å²) in [5.74, 6) is 0.490. The van der Waals surface area contributed by atoms with E-state index in [1.165, 1.54) is 0 Å². The summed E-state index contributed by atoms with van der Waals surface area (Å²) in [4.78, 5) is 4.38. The number of aliphatic hydroxyl groups excluding tert-OH is 2. The minimum absolute atomic E-state index is 0.208. The van der Waals surface area contributed by atoms with Gasteiger partial charge in [-0.05, 0) is 31.4 Å². The molecule has 1 aliphatic carbocycles. The zero-order chi connectivity index (χ0) is 18.5. The van der Waals surface area contributed by atoms with Crippen molar-refractivity contribution in [3.63, 3.8) is 0 Å². The standard InChI is InChI=1S/C20H19N4O3/c1-11-8-15(20(26)19(11)25)22-17-6-7-21-18-9-14(23-24(17)18)13-10-27-16-5-3-2-4-12(13)16/h2-7,9-11,15,19-20,22,25-26H,1,8H2/t11-,15-,19-,20+/m1/s1. The molecular weight excluding hydrogens is 344 g/mol. The van der Waals surface area contributed by atoms with Gasteiger partial charge in [-0.15, -0.1) is 0 Å². The molecule has 3 aromatic heterocycles. The van der Waals surface area contributed by atoms with Gasteiger partial charge in [0.25, 0.3) is 0 Å². The summed E-state index contributed by atoms with van der Waals surface area (Å²) in [6.45, 7) is 3.89. The lowest BCUT2D eigenvalue weighted by Gasteiger charge is -2.19. The third-order valence-electron chi connectivity index (χ3n) is 5.25. The predicted octanol–water partition coefficient (Wildman–Crippen LogP) is 2.50. The molecule has 0 saturated heterocycles. The van der Waals surface area contributed by atoms with Crippen LogP contribution in [0.25, 0.3) is 27.9 Å². The summed E-state index contributed by atoms with van der Waals surface area (Å²) >= 11 is 0. The van der Waals surface area contributed by atoms with E-state index >= 15 is 0 Å². The summed E-state index contributed by atoms with van der Waals surface area (Å²) in [6, 6.07) is 11.2. The van der Waals surface area contributed by atoms with Crippen molar-refractivity contribution in [3.8, 4) is 11.3 Å². The average Bonchev–Trinajstić information content (AvgIpc) is 3.35. The summed E-state index contributed by atoms with van der Waals surface area (Å²) < 4.78 is 7.32. The van der Waals surface area contributed by atoms with Crippen molar-refractivity contribution in [2.75, 3.05) is 5.32 Å². The van der Waals surface area contributed by atoms with Crippen LogP contribution in [0.3, 0.4) is 0 Å². The number of para-hydroxylation sites is 1. The lowest BCUT2D eigenvalue weighted by Crippen LogP contribution is -2.35. The number of furan rings is 1. The van der Waals surface area contributed by atoms with Gasteiger partial charge in [-0.1, -0.05) is 18.2 Å². The number of nitrogens with zero attached hydrogens (tertiary/aromatic N) is 3. The van der Waals surface area contributed by atoms with Gasteiger partial charge in [0.1, 0.15) is 23.8 Å². The third-order valence-corrected chi connectivity index (χ3v) is 5.25. The quantitative estimate of drug-likeness (QED) is 0.518. The fourth-order valence-electron chi connectivity index (χ4n) is 3.77. The molecule has 137 valence electrons. The Hall–Kier alpha value is -2.90. The molecular formula is C20H19N4O3. The van der Waals surface area contributed by atoms with Gasteiger partial charge in [-0.25, -0.2) is 4.98 Å². The largest absolute Gasteiger partial charge is 0.464 e. The van der Waals surface area contributed by atoms with Gasteiger partial charge in [0, 0.05) is 23.2 Å². The molecule has 0 aliphatic heterocycles. The second kappa shape index (κ2) is 6.07. The average molecular weight is 363 g/mol. The number of aliphatic hydroxyl groups is 2. The van der Waals surface area contributed by atoms with Crippen molar-refractivity contribution in [2.24, 2.45) is 5.92 Å². The van der Waals surface area contributed by atoms with Gasteiger partial charge >= 0.3 is 0 Å². The first-order chi connectivity index (χ1) is 13.1. The minimum atomic E-state index is -0.872. The number of hydrogen-bond acceptors (Lipinski definition) is 6. The molecule has 0 bridgehead atoms. The second-order valence-corrected chi connectivity index (χ2v) is 7.00. The molecule has 4 aromatic rings. The second-order valence-electron chi connectivity index (χ2n) is 7.00. The molecule has 7 heteroatoms. The van der Waals surface area contributed by atoms with Crippen LogP contribution in [0.4, 0.5) is 5.82 Å². The van der Waals surface area contributed by atoms with Crippen LogP contribution >= 0.6 is 0 Å². The Kier molecular flexibility index (Phi) is 3.66. The molecule has 1 fully saturated rings. The Morgan fingerprint density at radius 3 is 2.85 bits per heavy atom. The van der Waals surface area contributed by atoms with Crippen LogP contribution < -0.4 is 5.32 Å². The molecule has 0 unspecified atom stereocenters. The van der Waals surface area contributed by atoms with E-state index in [0.717, 1.165) is 22.2 Å². The Bertz CT molecular complexity index is 1120. The fourth-order valence-corrected chi connectivity index (χ4v) is 3.77. The SMILES string of the molecule is [CH2][C@@H]1C[C@@H](Nc2ccnc3cc(-c4coc5ccccc45)nn23)[C@H](O)[C@@H]1O. The number of anilines is 1. The monoisotopic (exact) mass is 363 g/mol. The van der Waals surface area contributed by atoms with E-state index in [-0.39, 0.29) is 12.0 Å². The van der Waals surface area contributed by atoms with Crippen molar-refractivity contribution in [3.05, 3.63) is 55.8 Å². The smallest absolute Gasteiger partial charge is 0.157 e. The van der Waals surface area contributed by atoms with Gasteiger partial charge < -0.3 is 19.9 Å². The third kappa shape index (κ3) is 2.58. The molecule has 1 radical (unpaired) electrons. The van der Waals surface area contributed by atoms with E-state index in [2.05, 4.69) is 22.3 Å². The highest BCUT2D eigenvalue weighted by Gasteiger charge is 2.39. The summed E-state index contributed by atoms with van der Waals surface area (Å²) in [7, 11) is 0. The van der Waals surface area contributed by atoms with Crippen LogP contribution in [0.15, 0.2) is 53.3 Å². The highest BCUT2D eigenvalue weighted by molar-refractivity contribution is 5.93. The molecule has 27 heavy (non-hydrogen) atoms. The molecule has 1 aliphatic rings. The van der Waals surface area contributed by atoms with E-state index < -0.39 is 12.2 Å². The molecule has 1 aromatic carbocycles. The van der Waals surface area contributed by atoms with Gasteiger partial charge in [0.2, 0.25) is 0 Å². The summed E-state index contributed by atoms with van der Waals surface area (Å²) in [5.41, 5.74) is 3.14. The normalized spacial score (nSPS) is 25.4. The Labute approximate surface area is 155 Å². The van der Waals surface area contributed by atoms with Crippen molar-refractivity contribution in [1.29, 1.82) is 0 Å². The van der Waals surface area contributed by atoms with Crippen LogP contribution in [0.5, 0.6) is 0 Å². The fraction of sp³-hybridized carbons (Fsp3) is 0.250. The van der Waals surface area contributed by atoms with Crippen LogP contribution in [-0.2, 0) is 0 Å². The van der Waals surface area contributed by atoms with Gasteiger partial charge in [-0.2, -0.15) is 9.61 Å². The molecule has 7 nitrogen and oxygen atoms in total. The number of nitrogens with one attached hydrogen (secondary N) is 1. The highest BCUT2D eigenvalue weighted by atomic mass is 16.3. The lowest BCUT2D eigenvalue weighted by atomic mass is 10.1. The van der Waals surface area contributed by atoms with Crippen LogP contribution in [0.2, 0.25) is 0 Å². The van der Waals surface area contributed by atoms with E-state index in [1.54, 1.807) is 23.0 Å². The van der Waals surface area contributed by atoms with Gasteiger partial charge in [0.05, 0.1) is 17.8 Å². The van der Waals surface area contributed by atoms with E-state index in [1.807, 2.05) is 30.3 Å². The van der Waals surface area contributed by atoms with Crippen molar-refractivity contribution < 1.29 is 14.6 Å². The number of benzene rings is 1. The number of aromatic nitrogens is 3. The Balaban J connectivity index is 1.54. The molecule has 4 atom stereocenters. The first-order valence-corrected chi connectivity index (χ1v) is 8.89. The number of rotatable bonds is 3. The molecule has 0 amide bonds. The van der Waals surface area contributed by atoms with Crippen molar-refractivity contribution in [1.82, 2.24) is 14.6 Å². The zero-order valence-corrected chi connectivity index (χ0v) is 14.5. The zero-order valence-electron chi connectivity index (χ0n) is 14.5. The van der Waals surface area contributed by atoms with E-state index in [4.69, 9.17) is 4.42 Å². The van der Waals surface area contributed by atoms with E-state index in [9.17, 15) is 10.2 Å². The molecule has 3 N–H and O–H groups in total. The molecule has 3 heterocycles. The Morgan fingerprint density at radius 1 is 1.19 bits per heavy atom. The first kappa shape index (κ1) is 16.3. The minimum Gasteiger partial charge on any atom is -0.464 e. The van der Waals surface area contributed by atoms with Gasteiger partial charge in [0.15, 0.2) is 5.65 Å². The van der Waals surface area contributed by atoms with Crippen molar-refractivity contribution >= 4 is 22.4 Å². The summed E-state index contributed by atoms with van der Waals surface area (Å²) in [6.07, 6.45) is 2.26. The van der Waals surface area contributed by atoms with E-state index in [0.29, 0.717) is 17.9 Å². The first-order valence-electron chi connectivity index (χ1n) is 8.89. The summed E-state index contributed by atoms with van der Waals surface area (Å²) in [5, 5.41) is 29.1.